The van der Waals surface area contributed by atoms with Gasteiger partial charge in [0, 0.05) is 5.69 Å². The van der Waals surface area contributed by atoms with Gasteiger partial charge in [0.25, 0.3) is 5.56 Å². The number of carboxylic acid groups (broad SMARTS) is 1. The second-order valence-electron chi connectivity index (χ2n) is 5.10. The summed E-state index contributed by atoms with van der Waals surface area (Å²) in [4.78, 5) is 25.4. The average Bonchev–Trinajstić information content (AvgIpc) is 2.42. The van der Waals surface area contributed by atoms with Gasteiger partial charge in [-0.2, -0.15) is 0 Å². The van der Waals surface area contributed by atoms with Gasteiger partial charge >= 0.3 is 5.97 Å². The van der Waals surface area contributed by atoms with Crippen LogP contribution >= 0.6 is 0 Å². The van der Waals surface area contributed by atoms with E-state index in [4.69, 9.17) is 5.11 Å². The third-order valence-corrected chi connectivity index (χ3v) is 4.28. The van der Waals surface area contributed by atoms with Crippen LogP contribution in [0.3, 0.4) is 0 Å². The van der Waals surface area contributed by atoms with Gasteiger partial charge in [0.05, 0.1) is 12.2 Å². The molecule has 0 atom stereocenters. The van der Waals surface area contributed by atoms with E-state index in [1.807, 2.05) is 0 Å². The number of benzene rings is 1. The highest BCUT2D eigenvalue weighted by Crippen LogP contribution is 2.15. The van der Waals surface area contributed by atoms with E-state index in [0.717, 1.165) is 0 Å². The summed E-state index contributed by atoms with van der Waals surface area (Å²) in [5, 5.41) is 8.92. The van der Waals surface area contributed by atoms with E-state index in [-0.39, 0.29) is 17.0 Å². The zero-order valence-corrected chi connectivity index (χ0v) is 13.2. The van der Waals surface area contributed by atoms with Crippen LogP contribution in [0, 0.1) is 6.92 Å². The first-order valence-corrected chi connectivity index (χ1v) is 8.41. The molecule has 0 radical (unpaired) electrons. The fourth-order valence-corrected chi connectivity index (χ4v) is 3.39. The van der Waals surface area contributed by atoms with Gasteiger partial charge in [-0.3, -0.25) is 14.3 Å². The summed E-state index contributed by atoms with van der Waals surface area (Å²) in [6.07, 6.45) is -0.450. The lowest BCUT2D eigenvalue weighted by molar-refractivity contribution is -0.136. The lowest BCUT2D eigenvalue weighted by atomic mass is 10.1. The van der Waals surface area contributed by atoms with Crippen molar-refractivity contribution >= 4 is 21.7 Å². The number of aromatic amines is 1. The number of hydrogen-bond donors (Lipinski definition) is 3. The predicted octanol–water partition coefficient (Wildman–Crippen LogP) is 1.25. The molecule has 0 aliphatic rings. The number of sulfonamides is 1. The van der Waals surface area contributed by atoms with E-state index in [0.29, 0.717) is 11.3 Å². The molecule has 1 aromatic heterocycles. The molecule has 0 aliphatic carbocycles. The Balaban J connectivity index is 2.35. The van der Waals surface area contributed by atoms with Crippen LogP contribution in [0.1, 0.15) is 16.8 Å². The maximum atomic E-state index is 12.2. The number of aliphatic carboxylic acids is 1. The van der Waals surface area contributed by atoms with Gasteiger partial charge in [0.2, 0.25) is 10.0 Å². The van der Waals surface area contributed by atoms with Gasteiger partial charge in [-0.15, -0.1) is 0 Å². The summed E-state index contributed by atoms with van der Waals surface area (Å²) in [6.45, 7) is 1.59. The van der Waals surface area contributed by atoms with Crippen LogP contribution in [0.15, 0.2) is 41.2 Å². The first-order valence-electron chi connectivity index (χ1n) is 6.76. The van der Waals surface area contributed by atoms with Gasteiger partial charge < -0.3 is 10.1 Å². The first kappa shape index (κ1) is 16.8. The third-order valence-electron chi connectivity index (χ3n) is 3.05. The molecular weight excluding hydrogens is 320 g/mol. The van der Waals surface area contributed by atoms with Crippen molar-refractivity contribution < 1.29 is 18.3 Å². The highest BCUT2D eigenvalue weighted by atomic mass is 32.2. The predicted molar refractivity (Wildman–Crippen MR) is 85.8 cm³/mol. The smallest absolute Gasteiger partial charge is 0.307 e. The number of aromatic nitrogens is 1. The molecule has 0 aliphatic heterocycles. The van der Waals surface area contributed by atoms with Crippen LogP contribution < -0.4 is 10.3 Å². The summed E-state index contributed by atoms with van der Waals surface area (Å²) in [6, 6.07) is 9.92. The number of H-pyrrole nitrogens is 1. The van der Waals surface area contributed by atoms with Crippen LogP contribution in [-0.4, -0.2) is 24.5 Å². The number of pyridine rings is 1. The maximum absolute atomic E-state index is 12.2. The quantitative estimate of drug-likeness (QED) is 0.734. The van der Waals surface area contributed by atoms with Crippen LogP contribution in [-0.2, 0) is 27.0 Å². The highest BCUT2D eigenvalue weighted by Gasteiger charge is 2.18. The Hall–Kier alpha value is -2.61. The van der Waals surface area contributed by atoms with E-state index < -0.39 is 28.0 Å². The molecule has 0 saturated heterocycles. The number of nitrogens with one attached hydrogen (secondary N) is 2. The standard InChI is InChI=1S/C15H16N2O5S/c1-10-7-12(8-13(18)19)14(15(20)16-10)17-23(21,22)9-11-5-3-2-4-6-11/h2-7,17H,8-9H2,1H3,(H,16,20)(H,18,19). The van der Waals surface area contributed by atoms with Crippen molar-refractivity contribution in [2.45, 2.75) is 19.1 Å². The van der Waals surface area contributed by atoms with Crippen molar-refractivity contribution in [1.29, 1.82) is 0 Å². The van der Waals surface area contributed by atoms with Gasteiger partial charge in [-0.05, 0) is 24.1 Å². The minimum atomic E-state index is -3.84. The van der Waals surface area contributed by atoms with Crippen molar-refractivity contribution in [2.24, 2.45) is 0 Å². The molecule has 0 fully saturated rings. The highest BCUT2D eigenvalue weighted by molar-refractivity contribution is 7.91. The number of hydrogen-bond acceptors (Lipinski definition) is 4. The minimum absolute atomic E-state index is 0.121. The topological polar surface area (TPSA) is 116 Å². The Morgan fingerprint density at radius 3 is 2.52 bits per heavy atom. The number of carboxylic acids is 1. The molecule has 7 nitrogen and oxygen atoms in total. The number of carbonyl (C=O) groups is 1. The zero-order valence-electron chi connectivity index (χ0n) is 12.4. The molecule has 1 heterocycles. The van der Waals surface area contributed by atoms with Gasteiger partial charge in [0.1, 0.15) is 5.69 Å². The minimum Gasteiger partial charge on any atom is -0.481 e. The van der Waals surface area contributed by atoms with Gasteiger partial charge in [-0.25, -0.2) is 8.42 Å². The summed E-state index contributed by atoms with van der Waals surface area (Å²) in [7, 11) is -3.84. The fourth-order valence-electron chi connectivity index (χ4n) is 2.16. The van der Waals surface area contributed by atoms with E-state index >= 15 is 0 Å². The molecule has 8 heteroatoms. The van der Waals surface area contributed by atoms with Gasteiger partial charge in [0.15, 0.2) is 0 Å². The monoisotopic (exact) mass is 336 g/mol. The Kier molecular flexibility index (Phi) is 4.85. The van der Waals surface area contributed by atoms with E-state index in [1.54, 1.807) is 37.3 Å². The zero-order chi connectivity index (χ0) is 17.0. The van der Waals surface area contributed by atoms with Crippen LogP contribution in [0.2, 0.25) is 0 Å². The number of anilines is 1. The molecule has 2 rings (SSSR count). The van der Waals surface area contributed by atoms with Crippen molar-refractivity contribution in [3.63, 3.8) is 0 Å². The summed E-state index contributed by atoms with van der Waals surface area (Å²) in [5.74, 6) is -1.47. The Morgan fingerprint density at radius 2 is 1.91 bits per heavy atom. The number of rotatable bonds is 6. The molecule has 0 saturated carbocycles. The molecule has 0 unspecified atom stereocenters. The Labute approximate surface area is 133 Å². The molecule has 0 amide bonds. The molecule has 0 spiro atoms. The summed E-state index contributed by atoms with van der Waals surface area (Å²) in [5.41, 5.74) is 0.211. The SMILES string of the molecule is Cc1cc(CC(=O)O)c(NS(=O)(=O)Cc2ccccc2)c(=O)[nH]1. The van der Waals surface area contributed by atoms with Crippen LogP contribution in [0.5, 0.6) is 0 Å². The average molecular weight is 336 g/mol. The van der Waals surface area contributed by atoms with E-state index in [9.17, 15) is 18.0 Å². The lowest BCUT2D eigenvalue weighted by Crippen LogP contribution is -2.24. The van der Waals surface area contributed by atoms with E-state index in [1.165, 1.54) is 6.07 Å². The summed E-state index contributed by atoms with van der Waals surface area (Å²) >= 11 is 0. The molecule has 23 heavy (non-hydrogen) atoms. The lowest BCUT2D eigenvalue weighted by Gasteiger charge is -2.11. The Bertz CT molecular complexity index is 872. The Morgan fingerprint density at radius 1 is 1.26 bits per heavy atom. The maximum Gasteiger partial charge on any atom is 0.307 e. The largest absolute Gasteiger partial charge is 0.481 e. The van der Waals surface area contributed by atoms with Crippen LogP contribution in [0.25, 0.3) is 0 Å². The molecular formula is C15H16N2O5S. The van der Waals surface area contributed by atoms with Crippen molar-refractivity contribution in [3.05, 3.63) is 63.6 Å². The van der Waals surface area contributed by atoms with E-state index in [2.05, 4.69) is 9.71 Å². The summed E-state index contributed by atoms with van der Waals surface area (Å²) < 4.78 is 26.7. The molecule has 122 valence electrons. The fraction of sp³-hybridized carbons (Fsp3) is 0.200. The first-order chi connectivity index (χ1) is 10.8. The van der Waals surface area contributed by atoms with Gasteiger partial charge in [-0.1, -0.05) is 30.3 Å². The van der Waals surface area contributed by atoms with Crippen molar-refractivity contribution in [3.8, 4) is 0 Å². The van der Waals surface area contributed by atoms with Crippen molar-refractivity contribution in [1.82, 2.24) is 4.98 Å². The second-order valence-corrected chi connectivity index (χ2v) is 6.82. The van der Waals surface area contributed by atoms with Crippen LogP contribution in [0.4, 0.5) is 5.69 Å². The number of aryl methyl sites for hydroxylation is 1. The third kappa shape index (κ3) is 4.68. The molecule has 1 aromatic carbocycles. The van der Waals surface area contributed by atoms with Crippen molar-refractivity contribution in [2.75, 3.05) is 4.72 Å². The molecule has 0 bridgehead atoms. The second kappa shape index (κ2) is 6.66. The normalized spacial score (nSPS) is 11.2. The molecule has 3 N–H and O–H groups in total. The molecule has 2 aromatic rings.